The fourth-order valence-corrected chi connectivity index (χ4v) is 13.4. The molecule has 5 saturated carbocycles. The highest BCUT2D eigenvalue weighted by Crippen LogP contribution is 2.77. The summed E-state index contributed by atoms with van der Waals surface area (Å²) in [6.07, 6.45) is 9.64. The van der Waals surface area contributed by atoms with Crippen LogP contribution in [0.5, 0.6) is 0 Å². The molecule has 0 aliphatic heterocycles. The molecular weight excluding hydrogens is 500 g/mol. The molecule has 0 amide bonds. The summed E-state index contributed by atoms with van der Waals surface area (Å²) in [6.45, 7) is 23.7. The first-order valence-electron chi connectivity index (χ1n) is 16.2. The third kappa shape index (κ3) is 3.97. The molecule has 0 aromatic rings. The van der Waals surface area contributed by atoms with Crippen LogP contribution in [0.15, 0.2) is 0 Å². The molecule has 5 fully saturated rings. The van der Waals surface area contributed by atoms with Crippen molar-refractivity contribution in [1.29, 1.82) is 0 Å². The zero-order chi connectivity index (χ0) is 29.0. The van der Waals surface area contributed by atoms with Gasteiger partial charge in [0, 0.05) is 5.41 Å². The Balaban J connectivity index is 1.56. The molecule has 0 bridgehead atoms. The molecule has 0 aromatic carbocycles. The summed E-state index contributed by atoms with van der Waals surface area (Å²) in [5, 5.41) is 0. The summed E-state index contributed by atoms with van der Waals surface area (Å²) in [5.41, 5.74) is -0.143. The predicted molar refractivity (Wildman–Crippen MR) is 160 cm³/mol. The second-order valence-corrected chi connectivity index (χ2v) is 21.8. The van der Waals surface area contributed by atoms with Crippen molar-refractivity contribution in [3.05, 3.63) is 0 Å². The van der Waals surface area contributed by atoms with E-state index in [1.54, 1.807) is 7.11 Å². The standard InChI is InChI=1S/C34H58O4Si/c1-21(2)22-14-17-34(29(36)37-8)19-18-32(6)23(27(22)34)12-13-26-31(5)20-24(38-39(9,10)11)28(35)30(3,4)25(31)15-16-33(26,32)7/h21-27H,12-20H2,1-11H3/t22-,23+,24+,25?,26+,27+,31-,32+,33+,34-/m0/s1. The lowest BCUT2D eigenvalue weighted by Crippen LogP contribution is -2.68. The van der Waals surface area contributed by atoms with Crippen molar-refractivity contribution in [1.82, 2.24) is 0 Å². The molecule has 39 heavy (non-hydrogen) atoms. The minimum atomic E-state index is -1.86. The maximum Gasteiger partial charge on any atom is 0.312 e. The summed E-state index contributed by atoms with van der Waals surface area (Å²) in [7, 11) is -0.257. The van der Waals surface area contributed by atoms with Gasteiger partial charge in [-0.2, -0.15) is 0 Å². The van der Waals surface area contributed by atoms with E-state index in [1.807, 2.05) is 0 Å². The monoisotopic (exact) mass is 558 g/mol. The van der Waals surface area contributed by atoms with E-state index >= 15 is 0 Å². The van der Waals surface area contributed by atoms with Crippen LogP contribution in [0.4, 0.5) is 0 Å². The molecule has 5 aliphatic carbocycles. The molecule has 0 N–H and O–H groups in total. The van der Waals surface area contributed by atoms with E-state index in [4.69, 9.17) is 9.16 Å². The second-order valence-electron chi connectivity index (χ2n) is 17.3. The van der Waals surface area contributed by atoms with Gasteiger partial charge in [-0.1, -0.05) is 48.5 Å². The molecule has 0 saturated heterocycles. The number of Topliss-reactive ketones (excluding diaryl/α,β-unsaturated/α-hetero) is 1. The number of carbonyl (C=O) groups is 2. The first-order chi connectivity index (χ1) is 17.9. The highest BCUT2D eigenvalue weighted by molar-refractivity contribution is 6.69. The Kier molecular flexibility index (Phi) is 7.00. The summed E-state index contributed by atoms with van der Waals surface area (Å²) < 4.78 is 12.2. The molecule has 0 heterocycles. The Hall–Kier alpha value is -0.683. The van der Waals surface area contributed by atoms with Crippen molar-refractivity contribution < 1.29 is 18.8 Å². The number of carbonyl (C=O) groups excluding carboxylic acids is 2. The van der Waals surface area contributed by atoms with Gasteiger partial charge >= 0.3 is 5.97 Å². The molecule has 1 unspecified atom stereocenters. The number of hydrogen-bond donors (Lipinski definition) is 0. The lowest BCUT2D eigenvalue weighted by Gasteiger charge is -2.72. The number of methoxy groups -OCH3 is 1. The fourth-order valence-electron chi connectivity index (χ4n) is 12.4. The normalized spacial score (nSPS) is 49.1. The smallest absolute Gasteiger partial charge is 0.312 e. The van der Waals surface area contributed by atoms with Gasteiger partial charge in [0.2, 0.25) is 0 Å². The molecule has 4 nitrogen and oxygen atoms in total. The SMILES string of the molecule is COC(=O)[C@]12CC[C@@H](C(C)C)[C@@H]1[C@H]1CC[C@@H]3[C@@]4(C)C[C@@H](O[Si](C)(C)C)C(=O)C(C)(C)C4CC[C@@]3(C)[C@]1(C)CC2. The van der Waals surface area contributed by atoms with E-state index in [0.29, 0.717) is 41.3 Å². The number of rotatable bonds is 4. The van der Waals surface area contributed by atoms with Gasteiger partial charge in [-0.05, 0) is 129 Å². The van der Waals surface area contributed by atoms with Crippen LogP contribution in [0.1, 0.15) is 106 Å². The van der Waals surface area contributed by atoms with E-state index < -0.39 is 8.32 Å². The van der Waals surface area contributed by atoms with E-state index in [1.165, 1.54) is 19.3 Å². The molecular formula is C34H58O4Si. The Morgan fingerprint density at radius 3 is 2.13 bits per heavy atom. The number of ketones is 1. The molecule has 0 spiro atoms. The van der Waals surface area contributed by atoms with Crippen molar-refractivity contribution in [2.24, 2.45) is 62.6 Å². The van der Waals surface area contributed by atoms with E-state index in [9.17, 15) is 9.59 Å². The fraction of sp³-hybridized carbons (Fsp3) is 0.941. The van der Waals surface area contributed by atoms with Gasteiger partial charge in [0.1, 0.15) is 6.10 Å². The maximum absolute atomic E-state index is 13.9. The molecule has 0 aromatic heterocycles. The lowest BCUT2D eigenvalue weighted by molar-refractivity contribution is -0.242. The van der Waals surface area contributed by atoms with Gasteiger partial charge in [0.15, 0.2) is 14.1 Å². The van der Waals surface area contributed by atoms with Crippen LogP contribution in [0.2, 0.25) is 19.6 Å². The average Bonchev–Trinajstić information content (AvgIpc) is 3.22. The average molecular weight is 559 g/mol. The molecule has 222 valence electrons. The first kappa shape index (κ1) is 29.8. The zero-order valence-corrected chi connectivity index (χ0v) is 28.0. The van der Waals surface area contributed by atoms with Gasteiger partial charge in [-0.25, -0.2) is 0 Å². The molecule has 5 heteroatoms. The van der Waals surface area contributed by atoms with Gasteiger partial charge < -0.3 is 9.16 Å². The van der Waals surface area contributed by atoms with Crippen LogP contribution < -0.4 is 0 Å². The van der Waals surface area contributed by atoms with E-state index in [-0.39, 0.29) is 39.1 Å². The molecule has 10 atom stereocenters. The molecule has 5 rings (SSSR count). The Bertz CT molecular complexity index is 1010. The highest BCUT2D eigenvalue weighted by atomic mass is 28.4. The highest BCUT2D eigenvalue weighted by Gasteiger charge is 2.73. The van der Waals surface area contributed by atoms with Gasteiger partial charge in [-0.15, -0.1) is 0 Å². The topological polar surface area (TPSA) is 52.6 Å². The van der Waals surface area contributed by atoms with Crippen molar-refractivity contribution in [3.63, 3.8) is 0 Å². The Morgan fingerprint density at radius 1 is 0.872 bits per heavy atom. The van der Waals surface area contributed by atoms with Crippen molar-refractivity contribution in [3.8, 4) is 0 Å². The van der Waals surface area contributed by atoms with Crippen molar-refractivity contribution >= 4 is 20.1 Å². The Morgan fingerprint density at radius 2 is 1.54 bits per heavy atom. The predicted octanol–water partition coefficient (Wildman–Crippen LogP) is 8.30. The minimum Gasteiger partial charge on any atom is -0.469 e. The van der Waals surface area contributed by atoms with Gasteiger partial charge in [0.25, 0.3) is 0 Å². The van der Waals surface area contributed by atoms with Crippen LogP contribution in [-0.2, 0) is 18.8 Å². The third-order valence-corrected chi connectivity index (χ3v) is 15.1. The van der Waals surface area contributed by atoms with Crippen LogP contribution in [-0.4, -0.2) is 33.3 Å². The summed E-state index contributed by atoms with van der Waals surface area (Å²) in [4.78, 5) is 27.4. The maximum atomic E-state index is 13.9. The van der Waals surface area contributed by atoms with Crippen molar-refractivity contribution in [2.75, 3.05) is 7.11 Å². The summed E-state index contributed by atoms with van der Waals surface area (Å²) in [6, 6.07) is 0. The summed E-state index contributed by atoms with van der Waals surface area (Å²) >= 11 is 0. The first-order valence-corrected chi connectivity index (χ1v) is 19.6. The van der Waals surface area contributed by atoms with Crippen LogP contribution in [0.3, 0.4) is 0 Å². The second kappa shape index (κ2) is 9.16. The van der Waals surface area contributed by atoms with Crippen LogP contribution >= 0.6 is 0 Å². The van der Waals surface area contributed by atoms with E-state index in [2.05, 4.69) is 68.1 Å². The quantitative estimate of drug-likeness (QED) is 0.257. The number of esters is 1. The molecule has 5 aliphatic rings. The number of fused-ring (bicyclic) bond motifs is 7. The minimum absolute atomic E-state index is 0.0690. The number of ether oxygens (including phenoxy) is 1. The lowest BCUT2D eigenvalue weighted by atomic mass is 9.32. The van der Waals surface area contributed by atoms with Crippen molar-refractivity contribution in [2.45, 2.75) is 132 Å². The Labute approximate surface area is 240 Å². The van der Waals surface area contributed by atoms with Gasteiger partial charge in [-0.3, -0.25) is 9.59 Å². The largest absolute Gasteiger partial charge is 0.469 e. The van der Waals surface area contributed by atoms with Crippen LogP contribution in [0, 0.1) is 62.6 Å². The van der Waals surface area contributed by atoms with Gasteiger partial charge in [0.05, 0.1) is 12.5 Å². The van der Waals surface area contributed by atoms with E-state index in [0.717, 1.165) is 38.5 Å². The molecule has 0 radical (unpaired) electrons. The third-order valence-electron chi connectivity index (χ3n) is 14.1. The number of hydrogen-bond acceptors (Lipinski definition) is 4. The summed E-state index contributed by atoms with van der Waals surface area (Å²) in [5.74, 6) is 3.59. The van der Waals surface area contributed by atoms with Crippen LogP contribution in [0.25, 0.3) is 0 Å². The zero-order valence-electron chi connectivity index (χ0n) is 27.0.